The fourth-order valence-electron chi connectivity index (χ4n) is 2.87. The molecule has 7 heteroatoms. The number of halogens is 1. The van der Waals surface area contributed by atoms with Gasteiger partial charge in [-0.3, -0.25) is 4.90 Å². The van der Waals surface area contributed by atoms with E-state index in [-0.39, 0.29) is 6.23 Å². The van der Waals surface area contributed by atoms with Gasteiger partial charge in [-0.05, 0) is 29.8 Å². The molecule has 24 heavy (non-hydrogen) atoms. The Hall–Kier alpha value is -2.15. The Labute approximate surface area is 144 Å². The molecule has 4 rings (SSSR count). The molecule has 1 aromatic carbocycles. The van der Waals surface area contributed by atoms with Crippen LogP contribution in [-0.4, -0.2) is 33.0 Å². The lowest BCUT2D eigenvalue weighted by Crippen LogP contribution is -2.23. The molecule has 0 amide bonds. The lowest BCUT2D eigenvalue weighted by Gasteiger charge is -2.19. The van der Waals surface area contributed by atoms with E-state index >= 15 is 0 Å². The van der Waals surface area contributed by atoms with Crippen molar-refractivity contribution in [1.82, 2.24) is 19.9 Å². The predicted molar refractivity (Wildman–Crippen MR) is 88.4 cm³/mol. The number of rotatable bonds is 5. The lowest BCUT2D eigenvalue weighted by molar-refractivity contribution is 0.0223. The molecule has 3 heterocycles. The number of aromatic nitrogens is 3. The summed E-state index contributed by atoms with van der Waals surface area (Å²) in [5, 5.41) is 9.21. The third-order valence-corrected chi connectivity index (χ3v) is 4.20. The van der Waals surface area contributed by atoms with Gasteiger partial charge in [0.1, 0.15) is 11.5 Å². The van der Waals surface area contributed by atoms with Crippen molar-refractivity contribution in [2.75, 3.05) is 13.2 Å². The smallest absolute Gasteiger partial charge is 0.157 e. The van der Waals surface area contributed by atoms with Gasteiger partial charge >= 0.3 is 0 Å². The number of benzene rings is 1. The van der Waals surface area contributed by atoms with Gasteiger partial charge in [0.2, 0.25) is 0 Å². The summed E-state index contributed by atoms with van der Waals surface area (Å²) >= 11 is 6.03. The molecular weight excluding hydrogens is 328 g/mol. The van der Waals surface area contributed by atoms with E-state index in [1.165, 1.54) is 0 Å². The number of furan rings is 1. The molecule has 0 spiro atoms. The quantitative estimate of drug-likeness (QED) is 0.712. The first-order valence-corrected chi connectivity index (χ1v) is 8.18. The van der Waals surface area contributed by atoms with Crippen molar-refractivity contribution in [3.8, 4) is 0 Å². The largest absolute Gasteiger partial charge is 0.468 e. The second-order valence-electron chi connectivity index (χ2n) is 5.74. The molecular formula is C17H17ClN4O2. The third-order valence-electron chi connectivity index (χ3n) is 3.97. The summed E-state index contributed by atoms with van der Waals surface area (Å²) in [5.74, 6) is 0.914. The van der Waals surface area contributed by atoms with Crippen LogP contribution in [0.3, 0.4) is 0 Å². The van der Waals surface area contributed by atoms with Crippen LogP contribution in [0.5, 0.6) is 0 Å². The molecule has 0 bridgehead atoms. The Bertz CT molecular complexity index is 803. The molecule has 1 aliphatic heterocycles. The van der Waals surface area contributed by atoms with Crippen molar-refractivity contribution in [1.29, 1.82) is 0 Å². The van der Waals surface area contributed by atoms with Crippen molar-refractivity contribution in [2.24, 2.45) is 0 Å². The molecule has 6 nitrogen and oxygen atoms in total. The van der Waals surface area contributed by atoms with Gasteiger partial charge in [0.15, 0.2) is 6.23 Å². The fourth-order valence-corrected chi connectivity index (χ4v) is 3.08. The van der Waals surface area contributed by atoms with Crippen LogP contribution in [0, 0.1) is 0 Å². The molecule has 1 atom stereocenters. The molecule has 0 saturated carbocycles. The predicted octanol–water partition coefficient (Wildman–Crippen LogP) is 3.10. The van der Waals surface area contributed by atoms with E-state index in [1.54, 1.807) is 10.9 Å². The van der Waals surface area contributed by atoms with E-state index in [2.05, 4.69) is 15.2 Å². The monoisotopic (exact) mass is 344 g/mol. The van der Waals surface area contributed by atoms with Crippen LogP contribution in [0.1, 0.15) is 23.2 Å². The molecule has 2 aromatic heterocycles. The van der Waals surface area contributed by atoms with Crippen LogP contribution in [0.25, 0.3) is 0 Å². The Kier molecular flexibility index (Phi) is 4.34. The summed E-state index contributed by atoms with van der Waals surface area (Å²) in [4.78, 5) is 2.19. The van der Waals surface area contributed by atoms with Crippen molar-refractivity contribution >= 4 is 11.6 Å². The average Bonchev–Trinajstić information content (AvgIpc) is 3.29. The maximum Gasteiger partial charge on any atom is 0.157 e. The second-order valence-corrected chi connectivity index (χ2v) is 6.18. The Morgan fingerprint density at radius 3 is 3.00 bits per heavy atom. The van der Waals surface area contributed by atoms with Crippen molar-refractivity contribution in [3.63, 3.8) is 0 Å². The van der Waals surface area contributed by atoms with Crippen molar-refractivity contribution in [2.45, 2.75) is 19.3 Å². The summed E-state index contributed by atoms with van der Waals surface area (Å²) in [6.45, 7) is 2.83. The van der Waals surface area contributed by atoms with Gasteiger partial charge in [-0.2, -0.15) is 0 Å². The van der Waals surface area contributed by atoms with Crippen molar-refractivity contribution in [3.05, 3.63) is 70.9 Å². The first-order chi connectivity index (χ1) is 11.8. The standard InChI is InChI=1S/C17H17ClN4O2/c18-14-4-1-3-13(9-14)10-22-12-16(19-20-22)17-21(6-8-24-17)11-15-5-2-7-23-15/h1-5,7,9,12,17H,6,8,10-11H2/t17-/m1/s1. The van der Waals surface area contributed by atoms with Crippen LogP contribution < -0.4 is 0 Å². The van der Waals surface area contributed by atoms with Gasteiger partial charge in [-0.1, -0.05) is 28.9 Å². The van der Waals surface area contributed by atoms with E-state index in [4.69, 9.17) is 20.8 Å². The molecule has 0 aliphatic carbocycles. The van der Waals surface area contributed by atoms with Crippen molar-refractivity contribution < 1.29 is 9.15 Å². The highest BCUT2D eigenvalue weighted by atomic mass is 35.5. The minimum absolute atomic E-state index is 0.191. The summed E-state index contributed by atoms with van der Waals surface area (Å²) in [6, 6.07) is 11.6. The molecule has 1 fully saturated rings. The highest BCUT2D eigenvalue weighted by molar-refractivity contribution is 6.30. The fraction of sp³-hybridized carbons (Fsp3) is 0.294. The molecule has 0 N–H and O–H groups in total. The van der Waals surface area contributed by atoms with Gasteiger partial charge in [0.25, 0.3) is 0 Å². The van der Waals surface area contributed by atoms with Gasteiger partial charge in [0, 0.05) is 11.6 Å². The Balaban J connectivity index is 1.47. The maximum absolute atomic E-state index is 6.03. The van der Waals surface area contributed by atoms with E-state index in [9.17, 15) is 0 Å². The van der Waals surface area contributed by atoms with Crippen LogP contribution in [0.4, 0.5) is 0 Å². The van der Waals surface area contributed by atoms with E-state index in [1.807, 2.05) is 42.6 Å². The summed E-state index contributed by atoms with van der Waals surface area (Å²) in [5.41, 5.74) is 1.89. The lowest BCUT2D eigenvalue weighted by atomic mass is 10.2. The van der Waals surface area contributed by atoms with Crippen LogP contribution in [0.2, 0.25) is 5.02 Å². The topological polar surface area (TPSA) is 56.3 Å². The highest BCUT2D eigenvalue weighted by Crippen LogP contribution is 2.27. The zero-order valence-electron chi connectivity index (χ0n) is 13.0. The Morgan fingerprint density at radius 2 is 2.17 bits per heavy atom. The Morgan fingerprint density at radius 1 is 1.21 bits per heavy atom. The summed E-state index contributed by atoms with van der Waals surface area (Å²) in [7, 11) is 0. The SMILES string of the molecule is Clc1cccc(Cn2cc([C@H]3OCCN3Cc3ccco3)nn2)c1. The first kappa shape index (κ1) is 15.4. The van der Waals surface area contributed by atoms with E-state index in [0.717, 1.165) is 28.6 Å². The number of hydrogen-bond acceptors (Lipinski definition) is 5. The zero-order valence-corrected chi connectivity index (χ0v) is 13.8. The average molecular weight is 345 g/mol. The molecule has 0 unspecified atom stereocenters. The number of nitrogens with zero attached hydrogens (tertiary/aromatic N) is 4. The molecule has 3 aromatic rings. The third kappa shape index (κ3) is 3.36. The highest BCUT2D eigenvalue weighted by Gasteiger charge is 2.29. The summed E-state index contributed by atoms with van der Waals surface area (Å²) < 4.78 is 13.1. The first-order valence-electron chi connectivity index (χ1n) is 7.80. The molecule has 1 saturated heterocycles. The van der Waals surface area contributed by atoms with E-state index in [0.29, 0.717) is 19.7 Å². The zero-order chi connectivity index (χ0) is 16.4. The number of ether oxygens (including phenoxy) is 1. The van der Waals surface area contributed by atoms with Crippen LogP contribution >= 0.6 is 11.6 Å². The van der Waals surface area contributed by atoms with Crippen LogP contribution in [0.15, 0.2) is 53.3 Å². The normalized spacial score (nSPS) is 18.3. The van der Waals surface area contributed by atoms with Crippen LogP contribution in [-0.2, 0) is 17.8 Å². The number of hydrogen-bond donors (Lipinski definition) is 0. The minimum Gasteiger partial charge on any atom is -0.468 e. The minimum atomic E-state index is -0.191. The van der Waals surface area contributed by atoms with Gasteiger partial charge in [-0.25, -0.2) is 4.68 Å². The molecule has 1 aliphatic rings. The van der Waals surface area contributed by atoms with Gasteiger partial charge in [-0.15, -0.1) is 5.10 Å². The van der Waals surface area contributed by atoms with Gasteiger partial charge < -0.3 is 9.15 Å². The maximum atomic E-state index is 6.03. The van der Waals surface area contributed by atoms with Gasteiger partial charge in [0.05, 0.1) is 32.2 Å². The second kappa shape index (κ2) is 6.76. The van der Waals surface area contributed by atoms with E-state index < -0.39 is 0 Å². The summed E-state index contributed by atoms with van der Waals surface area (Å²) in [6.07, 6.45) is 3.41. The molecule has 0 radical (unpaired) electrons. The molecule has 124 valence electrons.